The topological polar surface area (TPSA) is 33.5 Å². The summed E-state index contributed by atoms with van der Waals surface area (Å²) in [7, 11) is 0. The van der Waals surface area contributed by atoms with Crippen LogP contribution in [0.3, 0.4) is 0 Å². The molecule has 0 N–H and O–H groups in total. The van der Waals surface area contributed by atoms with E-state index in [4.69, 9.17) is 16.6 Å². The Bertz CT molecular complexity index is 583. The van der Waals surface area contributed by atoms with Crippen LogP contribution in [0.5, 0.6) is 0 Å². The summed E-state index contributed by atoms with van der Waals surface area (Å²) in [5.74, 6) is 0.829. The van der Waals surface area contributed by atoms with Gasteiger partial charge in [0.25, 0.3) is 5.91 Å². The van der Waals surface area contributed by atoms with E-state index in [9.17, 15) is 4.79 Å². The molecule has 1 aliphatic carbocycles. The molecule has 2 fully saturated rings. The first-order chi connectivity index (χ1) is 10.3. The number of hydrogen-bond donors (Lipinski definition) is 0. The molecule has 0 radical (unpaired) electrons. The van der Waals surface area contributed by atoms with E-state index in [1.165, 1.54) is 31.0 Å². The van der Waals surface area contributed by atoms with Crippen LogP contribution in [0.4, 0.5) is 0 Å². The third kappa shape index (κ3) is 3.30. The highest BCUT2D eigenvalue weighted by Crippen LogP contribution is 2.36. The molecule has 1 amide bonds. The maximum absolute atomic E-state index is 12.5. The second-order valence-electron chi connectivity index (χ2n) is 5.24. The van der Waals surface area contributed by atoms with Crippen molar-refractivity contribution in [3.05, 3.63) is 41.2 Å². The number of carbonyl (C=O) groups is 1. The van der Waals surface area contributed by atoms with Gasteiger partial charge in [0.1, 0.15) is 10.1 Å². The third-order valence-electron chi connectivity index (χ3n) is 3.81. The summed E-state index contributed by atoms with van der Waals surface area (Å²) in [5, 5.41) is 0. The third-order valence-corrected chi connectivity index (χ3v) is 5.16. The van der Waals surface area contributed by atoms with E-state index in [2.05, 4.69) is 0 Å². The summed E-state index contributed by atoms with van der Waals surface area (Å²) in [4.78, 5) is 15.0. The summed E-state index contributed by atoms with van der Waals surface area (Å²) in [6, 6.07) is 4.01. The van der Waals surface area contributed by atoms with E-state index in [1.807, 2.05) is 35.3 Å². The summed E-state index contributed by atoms with van der Waals surface area (Å²) in [5.41, 5.74) is 0. The fourth-order valence-electron chi connectivity index (χ4n) is 2.76. The maximum atomic E-state index is 12.5. The van der Waals surface area contributed by atoms with Crippen LogP contribution in [0.15, 0.2) is 39.9 Å². The molecule has 3 rings (SSSR count). The van der Waals surface area contributed by atoms with Crippen molar-refractivity contribution in [3.63, 3.8) is 0 Å². The van der Waals surface area contributed by atoms with Crippen molar-refractivity contribution in [2.45, 2.75) is 38.1 Å². The molecule has 2 heterocycles. The lowest BCUT2D eigenvalue weighted by molar-refractivity contribution is -0.124. The molecule has 1 aliphatic heterocycles. The van der Waals surface area contributed by atoms with E-state index < -0.39 is 0 Å². The normalized spacial score (nSPS) is 22.9. The Kier molecular flexibility index (Phi) is 4.60. The SMILES string of the molecule is O=C1/C(=C\C=C\c2ccco2)SC(=S)N1C1CCCCC1. The smallest absolute Gasteiger partial charge is 0.266 e. The van der Waals surface area contributed by atoms with Gasteiger partial charge in [-0.05, 0) is 37.1 Å². The van der Waals surface area contributed by atoms with Gasteiger partial charge in [0, 0.05) is 6.04 Å². The molecule has 0 atom stereocenters. The van der Waals surface area contributed by atoms with Crippen LogP contribution in [0, 0.1) is 0 Å². The number of amides is 1. The minimum atomic E-state index is 0.0565. The molecule has 5 heteroatoms. The summed E-state index contributed by atoms with van der Waals surface area (Å²) < 4.78 is 5.92. The predicted molar refractivity (Wildman–Crippen MR) is 89.7 cm³/mol. The van der Waals surface area contributed by atoms with Crippen molar-refractivity contribution in [1.82, 2.24) is 4.90 Å². The zero-order valence-corrected chi connectivity index (χ0v) is 13.3. The molecule has 0 unspecified atom stereocenters. The summed E-state index contributed by atoms with van der Waals surface area (Å²) >= 11 is 6.79. The van der Waals surface area contributed by atoms with Gasteiger partial charge >= 0.3 is 0 Å². The fourth-order valence-corrected chi connectivity index (χ4v) is 4.12. The molecule has 0 aromatic carbocycles. The zero-order valence-electron chi connectivity index (χ0n) is 11.7. The quantitative estimate of drug-likeness (QED) is 0.612. The van der Waals surface area contributed by atoms with Crippen molar-refractivity contribution in [3.8, 4) is 0 Å². The number of carbonyl (C=O) groups excluding carboxylic acids is 1. The van der Waals surface area contributed by atoms with Crippen LogP contribution in [-0.4, -0.2) is 21.2 Å². The van der Waals surface area contributed by atoms with Crippen LogP contribution in [0.2, 0.25) is 0 Å². The largest absolute Gasteiger partial charge is 0.465 e. The molecular weight excluding hydrogens is 302 g/mol. The summed E-state index contributed by atoms with van der Waals surface area (Å²) in [6.45, 7) is 0. The van der Waals surface area contributed by atoms with E-state index in [0.717, 1.165) is 18.6 Å². The van der Waals surface area contributed by atoms with Crippen LogP contribution in [0.1, 0.15) is 37.9 Å². The first-order valence-corrected chi connectivity index (χ1v) is 8.45. The second kappa shape index (κ2) is 6.62. The molecule has 21 heavy (non-hydrogen) atoms. The molecule has 3 nitrogen and oxygen atoms in total. The molecule has 1 saturated heterocycles. The monoisotopic (exact) mass is 319 g/mol. The average Bonchev–Trinajstić information content (AvgIpc) is 3.09. The highest BCUT2D eigenvalue weighted by Gasteiger charge is 2.37. The summed E-state index contributed by atoms with van der Waals surface area (Å²) in [6.07, 6.45) is 12.9. The van der Waals surface area contributed by atoms with Crippen molar-refractivity contribution in [2.75, 3.05) is 0 Å². The van der Waals surface area contributed by atoms with E-state index >= 15 is 0 Å². The first-order valence-electron chi connectivity index (χ1n) is 7.23. The van der Waals surface area contributed by atoms with E-state index in [0.29, 0.717) is 15.3 Å². The molecule has 1 saturated carbocycles. The molecule has 1 aromatic rings. The van der Waals surface area contributed by atoms with Gasteiger partial charge in [-0.1, -0.05) is 49.3 Å². The Morgan fingerprint density at radius 2 is 2.14 bits per heavy atom. The Morgan fingerprint density at radius 3 is 2.86 bits per heavy atom. The van der Waals surface area contributed by atoms with Gasteiger partial charge in [-0.2, -0.15) is 0 Å². The van der Waals surface area contributed by atoms with Gasteiger partial charge in [-0.25, -0.2) is 0 Å². The van der Waals surface area contributed by atoms with Gasteiger partial charge < -0.3 is 4.42 Å². The Hall–Kier alpha value is -1.33. The van der Waals surface area contributed by atoms with Crippen LogP contribution in [-0.2, 0) is 4.79 Å². The maximum Gasteiger partial charge on any atom is 0.266 e. The standard InChI is InChI=1S/C16H17NO2S2/c18-15-14(10-4-8-13-9-5-11-19-13)21-16(20)17(15)12-6-2-1-3-7-12/h4-5,8-12H,1-3,6-7H2/b8-4+,14-10+. The Morgan fingerprint density at radius 1 is 1.33 bits per heavy atom. The molecular formula is C16H17NO2S2. The number of nitrogens with zero attached hydrogens (tertiary/aromatic N) is 1. The first kappa shape index (κ1) is 14.6. The van der Waals surface area contributed by atoms with Crippen molar-refractivity contribution < 1.29 is 9.21 Å². The number of rotatable bonds is 3. The average molecular weight is 319 g/mol. The molecule has 2 aliphatic rings. The number of thioether (sulfide) groups is 1. The van der Waals surface area contributed by atoms with Crippen LogP contribution >= 0.6 is 24.0 Å². The van der Waals surface area contributed by atoms with Gasteiger partial charge in [-0.3, -0.25) is 9.69 Å². The van der Waals surface area contributed by atoms with Gasteiger partial charge in [0.2, 0.25) is 0 Å². The van der Waals surface area contributed by atoms with Gasteiger partial charge in [0.15, 0.2) is 0 Å². The number of thiocarbonyl (C=S) groups is 1. The number of furan rings is 1. The van der Waals surface area contributed by atoms with Gasteiger partial charge in [-0.15, -0.1) is 0 Å². The van der Waals surface area contributed by atoms with Crippen molar-refractivity contribution in [2.24, 2.45) is 0 Å². The molecule has 110 valence electrons. The van der Waals surface area contributed by atoms with Crippen LogP contribution < -0.4 is 0 Å². The lowest BCUT2D eigenvalue weighted by Crippen LogP contribution is -2.39. The van der Waals surface area contributed by atoms with Gasteiger partial charge in [0.05, 0.1) is 11.2 Å². The molecule has 0 spiro atoms. The lowest BCUT2D eigenvalue weighted by Gasteiger charge is -2.29. The van der Waals surface area contributed by atoms with Crippen LogP contribution in [0.25, 0.3) is 6.08 Å². The minimum absolute atomic E-state index is 0.0565. The zero-order chi connectivity index (χ0) is 14.7. The Labute approximate surface area is 134 Å². The molecule has 1 aromatic heterocycles. The minimum Gasteiger partial charge on any atom is -0.465 e. The highest BCUT2D eigenvalue weighted by atomic mass is 32.2. The fraction of sp³-hybridized carbons (Fsp3) is 0.375. The number of allylic oxidation sites excluding steroid dienone is 2. The Balaban J connectivity index is 1.70. The van der Waals surface area contributed by atoms with Crippen molar-refractivity contribution in [1.29, 1.82) is 0 Å². The lowest BCUT2D eigenvalue weighted by atomic mass is 9.94. The van der Waals surface area contributed by atoms with E-state index in [-0.39, 0.29) is 5.91 Å². The molecule has 0 bridgehead atoms. The van der Waals surface area contributed by atoms with Crippen molar-refractivity contribution >= 4 is 40.3 Å². The predicted octanol–water partition coefficient (Wildman–Crippen LogP) is 4.37. The highest BCUT2D eigenvalue weighted by molar-refractivity contribution is 8.26. The second-order valence-corrected chi connectivity index (χ2v) is 6.92. The van der Waals surface area contributed by atoms with E-state index in [1.54, 1.807) is 6.26 Å². The number of hydrogen-bond acceptors (Lipinski definition) is 4.